The zero-order valence-electron chi connectivity index (χ0n) is 17.9. The maximum absolute atomic E-state index is 12.0. The Kier molecular flexibility index (Phi) is 5.52. The molecular formula is C24H26O7. The van der Waals surface area contributed by atoms with Gasteiger partial charge in [0, 0.05) is 11.1 Å². The molecule has 0 aromatic heterocycles. The number of methoxy groups -OCH3 is 2. The second kappa shape index (κ2) is 8.13. The summed E-state index contributed by atoms with van der Waals surface area (Å²) >= 11 is 0. The van der Waals surface area contributed by atoms with Crippen molar-refractivity contribution in [1.82, 2.24) is 0 Å². The Hall–Kier alpha value is -3.22. The Morgan fingerprint density at radius 3 is 2.48 bits per heavy atom. The number of hydrogen-bond acceptors (Lipinski definition) is 6. The Balaban J connectivity index is 1.82. The molecule has 2 aliphatic rings. The van der Waals surface area contributed by atoms with Gasteiger partial charge in [0.25, 0.3) is 0 Å². The van der Waals surface area contributed by atoms with Crippen molar-refractivity contribution in [2.75, 3.05) is 14.2 Å². The van der Waals surface area contributed by atoms with Crippen molar-refractivity contribution < 1.29 is 33.6 Å². The van der Waals surface area contributed by atoms with Crippen molar-refractivity contribution in [1.29, 1.82) is 0 Å². The largest absolute Gasteiger partial charge is 0.493 e. The fraction of sp³-hybridized carbons (Fsp3) is 0.417. The van der Waals surface area contributed by atoms with Crippen LogP contribution in [0, 0.1) is 5.41 Å². The highest BCUT2D eigenvalue weighted by atomic mass is 16.5. The van der Waals surface area contributed by atoms with E-state index in [-0.39, 0.29) is 12.6 Å². The Morgan fingerprint density at radius 2 is 1.87 bits per heavy atom. The summed E-state index contributed by atoms with van der Waals surface area (Å²) in [7, 11) is 3.07. The van der Waals surface area contributed by atoms with E-state index in [1.165, 1.54) is 7.11 Å². The maximum Gasteiger partial charge on any atom is 0.338 e. The van der Waals surface area contributed by atoms with Crippen LogP contribution in [0.4, 0.5) is 0 Å². The van der Waals surface area contributed by atoms with Gasteiger partial charge in [-0.1, -0.05) is 19.4 Å². The van der Waals surface area contributed by atoms with Crippen LogP contribution in [0.5, 0.6) is 17.2 Å². The number of carbonyl (C=O) groups is 2. The normalized spacial score (nSPS) is 16.8. The number of carboxylic acids is 1. The summed E-state index contributed by atoms with van der Waals surface area (Å²) in [5, 5.41) is 9.84. The van der Waals surface area contributed by atoms with Crippen LogP contribution in [0.2, 0.25) is 0 Å². The highest BCUT2D eigenvalue weighted by Gasteiger charge is 2.57. The minimum absolute atomic E-state index is 0.228. The minimum atomic E-state index is -0.875. The zero-order chi connectivity index (χ0) is 22.2. The Labute approximate surface area is 180 Å². The van der Waals surface area contributed by atoms with Gasteiger partial charge in [0.1, 0.15) is 18.1 Å². The van der Waals surface area contributed by atoms with Crippen LogP contribution < -0.4 is 14.2 Å². The third-order valence-corrected chi connectivity index (χ3v) is 6.14. The topological polar surface area (TPSA) is 91.3 Å². The van der Waals surface area contributed by atoms with Crippen molar-refractivity contribution in [3.63, 3.8) is 0 Å². The van der Waals surface area contributed by atoms with Gasteiger partial charge in [-0.05, 0) is 49.1 Å². The number of carbonyl (C=O) groups excluding carboxylic acids is 1. The molecule has 0 spiro atoms. The van der Waals surface area contributed by atoms with Crippen LogP contribution in [-0.4, -0.2) is 37.4 Å². The summed E-state index contributed by atoms with van der Waals surface area (Å²) < 4.78 is 22.7. The summed E-state index contributed by atoms with van der Waals surface area (Å²) in [6.45, 7) is 2.24. The predicted octanol–water partition coefficient (Wildman–Crippen LogP) is 4.45. The lowest BCUT2D eigenvalue weighted by atomic mass is 9.94. The van der Waals surface area contributed by atoms with Gasteiger partial charge < -0.3 is 24.1 Å². The van der Waals surface area contributed by atoms with E-state index in [2.05, 4.69) is 0 Å². The molecule has 1 heterocycles. The first-order valence-electron chi connectivity index (χ1n) is 10.4. The number of hydrogen-bond donors (Lipinski definition) is 1. The molecule has 164 valence electrons. The lowest BCUT2D eigenvalue weighted by Gasteiger charge is -2.27. The standard InChI is InChI=1S/C24H26O7/c1-4-5-19(24(10-11-24)23(26)27)31-20-16(8-9-18(28-2)21(20)29-3)14-6-7-17-15(12-14)13-30-22(17)25/h6-9,12,19H,4-5,10-11,13H2,1-3H3,(H,26,27). The molecule has 1 atom stereocenters. The van der Waals surface area contributed by atoms with Crippen LogP contribution in [0.3, 0.4) is 0 Å². The van der Waals surface area contributed by atoms with Gasteiger partial charge in [-0.15, -0.1) is 0 Å². The number of benzene rings is 2. The highest BCUT2D eigenvalue weighted by molar-refractivity contribution is 5.94. The van der Waals surface area contributed by atoms with Crippen LogP contribution in [0.25, 0.3) is 11.1 Å². The van der Waals surface area contributed by atoms with E-state index in [9.17, 15) is 14.7 Å². The van der Waals surface area contributed by atoms with E-state index in [1.807, 2.05) is 25.1 Å². The summed E-state index contributed by atoms with van der Waals surface area (Å²) in [5.74, 6) is 0.192. The van der Waals surface area contributed by atoms with Gasteiger partial charge in [0.2, 0.25) is 5.75 Å². The van der Waals surface area contributed by atoms with E-state index >= 15 is 0 Å². The molecule has 0 amide bonds. The quantitative estimate of drug-likeness (QED) is 0.592. The molecular weight excluding hydrogens is 400 g/mol. The van der Waals surface area contributed by atoms with Gasteiger partial charge in [-0.3, -0.25) is 4.79 Å². The lowest BCUT2D eigenvalue weighted by molar-refractivity contribution is -0.147. The molecule has 7 heteroatoms. The average molecular weight is 426 g/mol. The van der Waals surface area contributed by atoms with Crippen molar-refractivity contribution >= 4 is 11.9 Å². The van der Waals surface area contributed by atoms with Crippen molar-refractivity contribution in [2.45, 2.75) is 45.3 Å². The molecule has 1 unspecified atom stereocenters. The fourth-order valence-corrected chi connectivity index (χ4v) is 4.20. The molecule has 1 aliphatic carbocycles. The van der Waals surface area contributed by atoms with E-state index in [0.717, 1.165) is 23.1 Å². The highest BCUT2D eigenvalue weighted by Crippen LogP contribution is 2.54. The number of cyclic esters (lactones) is 1. The molecule has 2 aromatic rings. The SMILES string of the molecule is CCCC(Oc1c(-c2ccc3c(c2)COC3=O)ccc(OC)c1OC)C1(C(=O)O)CC1. The average Bonchev–Trinajstić information content (AvgIpc) is 3.51. The van der Waals surface area contributed by atoms with Gasteiger partial charge in [-0.2, -0.15) is 0 Å². The van der Waals surface area contributed by atoms with Gasteiger partial charge >= 0.3 is 11.9 Å². The minimum Gasteiger partial charge on any atom is -0.493 e. The molecule has 0 saturated heterocycles. The summed E-state index contributed by atoms with van der Waals surface area (Å²) in [4.78, 5) is 23.8. The smallest absolute Gasteiger partial charge is 0.338 e. The van der Waals surface area contributed by atoms with Crippen molar-refractivity contribution in [2.24, 2.45) is 5.41 Å². The monoisotopic (exact) mass is 426 g/mol. The second-order valence-electron chi connectivity index (χ2n) is 7.98. The van der Waals surface area contributed by atoms with Crippen molar-refractivity contribution in [3.05, 3.63) is 41.5 Å². The first kappa shape index (κ1) is 21.0. The predicted molar refractivity (Wildman–Crippen MR) is 113 cm³/mol. The number of rotatable bonds is 9. The molecule has 0 bridgehead atoms. The van der Waals surface area contributed by atoms with Crippen LogP contribution >= 0.6 is 0 Å². The number of ether oxygens (including phenoxy) is 4. The van der Waals surface area contributed by atoms with Crippen molar-refractivity contribution in [3.8, 4) is 28.4 Å². The molecule has 1 fully saturated rings. The Morgan fingerprint density at radius 1 is 1.13 bits per heavy atom. The maximum atomic E-state index is 12.0. The molecule has 1 saturated carbocycles. The van der Waals surface area contributed by atoms with Gasteiger partial charge in [-0.25, -0.2) is 4.79 Å². The molecule has 31 heavy (non-hydrogen) atoms. The summed E-state index contributed by atoms with van der Waals surface area (Å²) in [5.41, 5.74) is 2.04. The van der Waals surface area contributed by atoms with Gasteiger partial charge in [0.05, 0.1) is 19.8 Å². The molecule has 4 rings (SSSR count). The first-order valence-corrected chi connectivity index (χ1v) is 10.4. The lowest BCUT2D eigenvalue weighted by Crippen LogP contribution is -2.35. The van der Waals surface area contributed by atoms with E-state index < -0.39 is 17.5 Å². The van der Waals surface area contributed by atoms with Crippen LogP contribution in [-0.2, 0) is 16.1 Å². The number of esters is 1. The Bertz CT molecular complexity index is 1020. The third kappa shape index (κ3) is 3.58. The molecule has 7 nitrogen and oxygen atoms in total. The molecule has 2 aromatic carbocycles. The number of fused-ring (bicyclic) bond motifs is 1. The molecule has 0 radical (unpaired) electrons. The third-order valence-electron chi connectivity index (χ3n) is 6.14. The molecule has 1 aliphatic heterocycles. The summed E-state index contributed by atoms with van der Waals surface area (Å²) in [6.07, 6.45) is 2.09. The second-order valence-corrected chi connectivity index (χ2v) is 7.98. The van der Waals surface area contributed by atoms with E-state index in [1.54, 1.807) is 19.2 Å². The number of aliphatic carboxylic acids is 1. The van der Waals surface area contributed by atoms with Crippen LogP contribution in [0.1, 0.15) is 48.5 Å². The van der Waals surface area contributed by atoms with Crippen LogP contribution in [0.15, 0.2) is 30.3 Å². The first-order chi connectivity index (χ1) is 14.9. The van der Waals surface area contributed by atoms with E-state index in [4.69, 9.17) is 18.9 Å². The van der Waals surface area contributed by atoms with E-state index in [0.29, 0.717) is 42.1 Å². The van der Waals surface area contributed by atoms with Gasteiger partial charge in [0.15, 0.2) is 11.5 Å². The number of carboxylic acid groups (broad SMARTS) is 1. The zero-order valence-corrected chi connectivity index (χ0v) is 17.9. The summed E-state index contributed by atoms with van der Waals surface area (Å²) in [6, 6.07) is 9.11. The molecule has 1 N–H and O–H groups in total. The fourth-order valence-electron chi connectivity index (χ4n) is 4.20.